The lowest BCUT2D eigenvalue weighted by molar-refractivity contribution is -0.120. The van der Waals surface area contributed by atoms with Gasteiger partial charge in [0.15, 0.2) is 0 Å². The minimum absolute atomic E-state index is 0.136. The molecular weight excluding hydrogens is 314 g/mol. The van der Waals surface area contributed by atoms with Crippen LogP contribution in [0.15, 0.2) is 42.5 Å². The first-order valence-corrected chi connectivity index (χ1v) is 7.56. The van der Waals surface area contributed by atoms with Crippen molar-refractivity contribution in [1.29, 1.82) is 0 Å². The Morgan fingerprint density at radius 2 is 1.70 bits per heavy atom. The van der Waals surface area contributed by atoms with Crippen LogP contribution in [0.1, 0.15) is 19.4 Å². The minimum atomic E-state index is -0.713. The Morgan fingerprint density at radius 3 is 2.26 bits per heavy atom. The molecule has 1 N–H and O–H groups in total. The summed E-state index contributed by atoms with van der Waals surface area (Å²) in [6.45, 7) is 3.73. The minimum Gasteiger partial charge on any atom is -0.497 e. The third kappa shape index (κ3) is 3.77. The van der Waals surface area contributed by atoms with Crippen molar-refractivity contribution < 1.29 is 14.3 Å². The van der Waals surface area contributed by atoms with E-state index >= 15 is 0 Å². The summed E-state index contributed by atoms with van der Waals surface area (Å²) in [5.41, 5.74) is 0.766. The summed E-state index contributed by atoms with van der Waals surface area (Å²) >= 11 is 5.91. The number of carbonyl (C=O) groups is 1. The molecule has 0 saturated heterocycles. The highest BCUT2D eigenvalue weighted by Gasteiger charge is 2.30. The lowest BCUT2D eigenvalue weighted by Crippen LogP contribution is -2.34. The van der Waals surface area contributed by atoms with Crippen molar-refractivity contribution in [3.05, 3.63) is 53.1 Å². The molecule has 0 atom stereocenters. The highest BCUT2D eigenvalue weighted by Crippen LogP contribution is 2.32. The van der Waals surface area contributed by atoms with Crippen LogP contribution in [0.4, 0.5) is 5.69 Å². The number of nitrogens with one attached hydrogen (secondary N) is 1. The van der Waals surface area contributed by atoms with E-state index in [1.165, 1.54) is 0 Å². The quantitative estimate of drug-likeness (QED) is 0.888. The summed E-state index contributed by atoms with van der Waals surface area (Å²) in [5.74, 6) is 1.07. The first-order valence-electron chi connectivity index (χ1n) is 7.18. The summed E-state index contributed by atoms with van der Waals surface area (Å²) in [5, 5.41) is 3.55. The zero-order valence-corrected chi connectivity index (χ0v) is 14.4. The lowest BCUT2D eigenvalue weighted by atomic mass is 9.83. The Labute approximate surface area is 141 Å². The van der Waals surface area contributed by atoms with Gasteiger partial charge in [0, 0.05) is 11.1 Å². The van der Waals surface area contributed by atoms with Crippen molar-refractivity contribution in [2.45, 2.75) is 19.3 Å². The molecule has 0 aromatic heterocycles. The Bertz CT molecular complexity index is 696. The molecule has 4 nitrogen and oxygen atoms in total. The van der Waals surface area contributed by atoms with E-state index in [-0.39, 0.29) is 5.91 Å². The number of amides is 1. The molecule has 5 heteroatoms. The van der Waals surface area contributed by atoms with Crippen LogP contribution in [0.2, 0.25) is 5.02 Å². The number of rotatable bonds is 5. The first-order chi connectivity index (χ1) is 10.9. The maximum Gasteiger partial charge on any atom is 0.234 e. The zero-order valence-electron chi connectivity index (χ0n) is 13.6. The molecule has 2 aromatic rings. The molecule has 2 aromatic carbocycles. The van der Waals surface area contributed by atoms with E-state index in [0.717, 1.165) is 5.56 Å². The van der Waals surface area contributed by atoms with Gasteiger partial charge in [-0.05, 0) is 43.7 Å². The number of hydrogen-bond donors (Lipinski definition) is 1. The predicted molar refractivity (Wildman–Crippen MR) is 92.7 cm³/mol. The van der Waals surface area contributed by atoms with Gasteiger partial charge in [0.2, 0.25) is 5.91 Å². The molecule has 0 radical (unpaired) electrons. The van der Waals surface area contributed by atoms with Gasteiger partial charge in [0.1, 0.15) is 11.5 Å². The average Bonchev–Trinajstić information content (AvgIpc) is 2.55. The van der Waals surface area contributed by atoms with Crippen LogP contribution in [-0.4, -0.2) is 20.1 Å². The molecule has 0 saturated carbocycles. The second-order valence-electron chi connectivity index (χ2n) is 5.65. The fraction of sp³-hybridized carbons (Fsp3) is 0.278. The second kappa shape index (κ2) is 6.92. The van der Waals surface area contributed by atoms with Gasteiger partial charge in [-0.25, -0.2) is 0 Å². The monoisotopic (exact) mass is 333 g/mol. The Balaban J connectivity index is 2.25. The molecule has 0 aliphatic carbocycles. The molecular formula is C18H20ClNO3. The Morgan fingerprint density at radius 1 is 1.04 bits per heavy atom. The molecule has 23 heavy (non-hydrogen) atoms. The summed E-state index contributed by atoms with van der Waals surface area (Å²) in [4.78, 5) is 12.7. The summed E-state index contributed by atoms with van der Waals surface area (Å²) in [6.07, 6.45) is 0. The normalized spacial score (nSPS) is 11.0. The number of ether oxygens (including phenoxy) is 2. The smallest absolute Gasteiger partial charge is 0.234 e. The molecule has 0 bridgehead atoms. The summed E-state index contributed by atoms with van der Waals surface area (Å²) in [7, 11) is 3.13. The fourth-order valence-electron chi connectivity index (χ4n) is 2.18. The van der Waals surface area contributed by atoms with Crippen LogP contribution < -0.4 is 14.8 Å². The van der Waals surface area contributed by atoms with Crippen molar-refractivity contribution in [1.82, 2.24) is 0 Å². The number of carbonyl (C=O) groups excluding carboxylic acids is 1. The maximum absolute atomic E-state index is 12.7. The van der Waals surface area contributed by atoms with Crippen LogP contribution in [0.25, 0.3) is 0 Å². The van der Waals surface area contributed by atoms with E-state index in [2.05, 4.69) is 5.32 Å². The van der Waals surface area contributed by atoms with Gasteiger partial charge in [-0.15, -0.1) is 0 Å². The molecule has 122 valence electrons. The highest BCUT2D eigenvalue weighted by molar-refractivity contribution is 6.30. The standard InChI is InChI=1S/C18H20ClNO3/c1-18(2,12-5-7-13(19)8-6-12)17(21)20-15-10-9-14(22-3)11-16(15)23-4/h5-11H,1-4H3,(H,20,21). The molecule has 1 amide bonds. The zero-order chi connectivity index (χ0) is 17.0. The van der Waals surface area contributed by atoms with E-state index in [9.17, 15) is 4.79 Å². The van der Waals surface area contributed by atoms with Crippen LogP contribution in [0, 0.1) is 0 Å². The number of anilines is 1. The SMILES string of the molecule is COc1ccc(NC(=O)C(C)(C)c2ccc(Cl)cc2)c(OC)c1. The average molecular weight is 334 g/mol. The number of halogens is 1. The van der Waals surface area contributed by atoms with Crippen LogP contribution in [0.3, 0.4) is 0 Å². The van der Waals surface area contributed by atoms with Crippen LogP contribution in [0.5, 0.6) is 11.5 Å². The van der Waals surface area contributed by atoms with E-state index in [1.54, 1.807) is 44.6 Å². The molecule has 2 rings (SSSR count). The lowest BCUT2D eigenvalue weighted by Gasteiger charge is -2.25. The van der Waals surface area contributed by atoms with Crippen molar-refractivity contribution in [2.75, 3.05) is 19.5 Å². The molecule has 0 heterocycles. The van der Waals surface area contributed by atoms with Gasteiger partial charge in [0.25, 0.3) is 0 Å². The van der Waals surface area contributed by atoms with Gasteiger partial charge in [-0.2, -0.15) is 0 Å². The second-order valence-corrected chi connectivity index (χ2v) is 6.09. The largest absolute Gasteiger partial charge is 0.497 e. The van der Waals surface area contributed by atoms with Crippen molar-refractivity contribution in [2.24, 2.45) is 0 Å². The molecule has 0 aliphatic heterocycles. The number of hydrogen-bond acceptors (Lipinski definition) is 3. The Hall–Kier alpha value is -2.20. The van der Waals surface area contributed by atoms with Crippen molar-refractivity contribution in [3.8, 4) is 11.5 Å². The van der Waals surface area contributed by atoms with Gasteiger partial charge in [-0.3, -0.25) is 4.79 Å². The van der Waals surface area contributed by atoms with Gasteiger partial charge in [-0.1, -0.05) is 23.7 Å². The van der Waals surface area contributed by atoms with E-state index in [4.69, 9.17) is 21.1 Å². The van der Waals surface area contributed by atoms with Crippen molar-refractivity contribution >= 4 is 23.2 Å². The predicted octanol–water partition coefficient (Wildman–Crippen LogP) is 4.27. The molecule has 0 aliphatic rings. The van der Waals surface area contributed by atoms with Gasteiger partial charge in [0.05, 0.1) is 25.3 Å². The van der Waals surface area contributed by atoms with Crippen LogP contribution in [-0.2, 0) is 10.2 Å². The molecule has 0 spiro atoms. The summed E-state index contributed by atoms with van der Waals surface area (Å²) < 4.78 is 10.5. The third-order valence-electron chi connectivity index (χ3n) is 3.79. The van der Waals surface area contributed by atoms with E-state index in [0.29, 0.717) is 22.2 Å². The number of benzene rings is 2. The molecule has 0 fully saturated rings. The van der Waals surface area contributed by atoms with Crippen molar-refractivity contribution in [3.63, 3.8) is 0 Å². The van der Waals surface area contributed by atoms with E-state index in [1.807, 2.05) is 26.0 Å². The summed E-state index contributed by atoms with van der Waals surface area (Å²) in [6, 6.07) is 12.5. The maximum atomic E-state index is 12.7. The Kier molecular flexibility index (Phi) is 5.16. The van der Waals surface area contributed by atoms with Crippen LogP contribution >= 0.6 is 11.6 Å². The van der Waals surface area contributed by atoms with Gasteiger partial charge >= 0.3 is 0 Å². The van der Waals surface area contributed by atoms with E-state index < -0.39 is 5.41 Å². The molecule has 0 unspecified atom stereocenters. The fourth-order valence-corrected chi connectivity index (χ4v) is 2.30. The third-order valence-corrected chi connectivity index (χ3v) is 4.04. The van der Waals surface area contributed by atoms with Gasteiger partial charge < -0.3 is 14.8 Å². The topological polar surface area (TPSA) is 47.6 Å². The number of methoxy groups -OCH3 is 2. The highest BCUT2D eigenvalue weighted by atomic mass is 35.5. The first kappa shape index (κ1) is 17.2.